The average Bonchev–Trinajstić information content (AvgIpc) is 2.78. The van der Waals surface area contributed by atoms with E-state index in [0.29, 0.717) is 6.42 Å². The highest BCUT2D eigenvalue weighted by molar-refractivity contribution is 5.50. The van der Waals surface area contributed by atoms with E-state index in [0.717, 1.165) is 49.1 Å². The molecule has 0 saturated carbocycles. The second-order valence-electron chi connectivity index (χ2n) is 7.90. The second kappa shape index (κ2) is 11.5. The molecule has 174 valence electrons. The number of aryl methyl sites for hydroxylation is 1. The number of hydrogen-bond donors (Lipinski definition) is 0. The summed E-state index contributed by atoms with van der Waals surface area (Å²) >= 11 is 0. The van der Waals surface area contributed by atoms with E-state index in [1.807, 2.05) is 13.8 Å². The summed E-state index contributed by atoms with van der Waals surface area (Å²) in [5, 5.41) is 0. The maximum absolute atomic E-state index is 14.5. The summed E-state index contributed by atoms with van der Waals surface area (Å²) in [6, 6.07) is 8.77. The highest BCUT2D eigenvalue weighted by Crippen LogP contribution is 2.19. The summed E-state index contributed by atoms with van der Waals surface area (Å²) in [6.45, 7) is 3.90. The Hall–Kier alpha value is -3.57. The Labute approximate surface area is 196 Å². The smallest absolute Gasteiger partial charge is 0.143 e. The minimum atomic E-state index is -0.976. The summed E-state index contributed by atoms with van der Waals surface area (Å²) in [7, 11) is 0. The van der Waals surface area contributed by atoms with Gasteiger partial charge in [-0.3, -0.25) is 0 Å². The predicted octanol–water partition coefficient (Wildman–Crippen LogP) is 7.48. The summed E-state index contributed by atoms with van der Waals surface area (Å²) in [4.78, 5) is 0. The van der Waals surface area contributed by atoms with Crippen molar-refractivity contribution in [2.24, 2.45) is 0 Å². The van der Waals surface area contributed by atoms with Crippen molar-refractivity contribution >= 4 is 0 Å². The molecule has 0 unspecified atom stereocenters. The number of halogens is 5. The van der Waals surface area contributed by atoms with Gasteiger partial charge < -0.3 is 0 Å². The van der Waals surface area contributed by atoms with Crippen molar-refractivity contribution in [2.45, 2.75) is 46.0 Å². The van der Waals surface area contributed by atoms with Gasteiger partial charge in [-0.2, -0.15) is 0 Å². The number of rotatable bonds is 5. The van der Waals surface area contributed by atoms with Crippen LogP contribution in [0.4, 0.5) is 22.0 Å². The molecule has 3 rings (SSSR count). The van der Waals surface area contributed by atoms with Crippen LogP contribution in [-0.4, -0.2) is 0 Å². The van der Waals surface area contributed by atoms with E-state index in [-0.39, 0.29) is 28.7 Å². The first-order valence-electron chi connectivity index (χ1n) is 11.1. The van der Waals surface area contributed by atoms with Crippen molar-refractivity contribution in [3.8, 4) is 23.7 Å². The Morgan fingerprint density at radius 2 is 1.18 bits per heavy atom. The summed E-state index contributed by atoms with van der Waals surface area (Å²) < 4.78 is 71.5. The van der Waals surface area contributed by atoms with Gasteiger partial charge >= 0.3 is 0 Å². The minimum absolute atomic E-state index is 0.00921. The molecule has 5 heteroatoms. The zero-order valence-electron chi connectivity index (χ0n) is 19.0. The maximum atomic E-state index is 14.5. The molecule has 0 N–H and O–H groups in total. The molecule has 0 aliphatic rings. The molecule has 0 bridgehead atoms. The summed E-state index contributed by atoms with van der Waals surface area (Å²) in [6.07, 6.45) is 3.32. The van der Waals surface area contributed by atoms with Crippen molar-refractivity contribution < 1.29 is 22.0 Å². The van der Waals surface area contributed by atoms with Gasteiger partial charge in [-0.1, -0.05) is 56.4 Å². The third kappa shape index (κ3) is 6.27. The quantitative estimate of drug-likeness (QED) is 0.270. The Morgan fingerprint density at radius 1 is 0.588 bits per heavy atom. The van der Waals surface area contributed by atoms with Crippen LogP contribution in [-0.2, 0) is 12.8 Å². The van der Waals surface area contributed by atoms with E-state index in [1.165, 1.54) is 12.1 Å². The molecule has 0 aliphatic carbocycles. The lowest BCUT2D eigenvalue weighted by molar-refractivity contribution is 0.548. The molecular formula is C29H23F5. The van der Waals surface area contributed by atoms with E-state index in [2.05, 4.69) is 23.7 Å². The molecule has 3 aromatic carbocycles. The highest BCUT2D eigenvalue weighted by atomic mass is 19.1. The average molecular weight is 466 g/mol. The molecule has 0 heterocycles. The van der Waals surface area contributed by atoms with Crippen molar-refractivity contribution in [1.29, 1.82) is 0 Å². The standard InChI is InChI=1S/C29H23F5/c1-3-5-7-23-26(31)17-21(18-27(23)32)10-13-24-28(33)15-20(16-29(24)34)9-12-22-11-8-19(6-4-2)14-25(22)30/h8,11,14-18H,3-7H2,1-2H3. The van der Waals surface area contributed by atoms with Gasteiger partial charge in [-0.15, -0.1) is 0 Å². The Kier molecular flexibility index (Phi) is 8.50. The SMILES string of the molecule is CCCCc1c(F)cc(C#Cc2c(F)cc(C#Cc3ccc(CCC)cc3F)cc2F)cc1F. The Balaban J connectivity index is 1.85. The fourth-order valence-electron chi connectivity index (χ4n) is 3.41. The van der Waals surface area contributed by atoms with Crippen LogP contribution in [0.25, 0.3) is 0 Å². The molecule has 0 atom stereocenters. The lowest BCUT2D eigenvalue weighted by Gasteiger charge is -2.05. The Bertz CT molecular complexity index is 1270. The molecule has 0 amide bonds. The van der Waals surface area contributed by atoms with Gasteiger partial charge in [0.25, 0.3) is 0 Å². The monoisotopic (exact) mass is 466 g/mol. The fourth-order valence-corrected chi connectivity index (χ4v) is 3.41. The van der Waals surface area contributed by atoms with E-state index in [9.17, 15) is 22.0 Å². The highest BCUT2D eigenvalue weighted by Gasteiger charge is 2.11. The molecule has 0 saturated heterocycles. The molecule has 0 nitrogen and oxygen atoms in total. The molecule has 0 spiro atoms. The molecule has 0 fully saturated rings. The van der Waals surface area contributed by atoms with Gasteiger partial charge in [0.1, 0.15) is 29.1 Å². The van der Waals surface area contributed by atoms with E-state index in [1.54, 1.807) is 6.07 Å². The predicted molar refractivity (Wildman–Crippen MR) is 124 cm³/mol. The van der Waals surface area contributed by atoms with Gasteiger partial charge in [0.2, 0.25) is 0 Å². The van der Waals surface area contributed by atoms with Crippen LogP contribution in [0, 0.1) is 52.8 Å². The first kappa shape index (κ1) is 25.1. The van der Waals surface area contributed by atoms with Crippen LogP contribution < -0.4 is 0 Å². The minimum Gasteiger partial charge on any atom is -0.207 e. The van der Waals surface area contributed by atoms with Crippen molar-refractivity contribution in [3.05, 3.63) is 105 Å². The largest absolute Gasteiger partial charge is 0.207 e. The van der Waals surface area contributed by atoms with Crippen LogP contribution in [0.15, 0.2) is 42.5 Å². The van der Waals surface area contributed by atoms with Crippen LogP contribution in [0.1, 0.15) is 66.5 Å². The number of hydrogen-bond acceptors (Lipinski definition) is 0. The third-order valence-corrected chi connectivity index (χ3v) is 5.21. The molecule has 0 aliphatic heterocycles. The number of unbranched alkanes of at least 4 members (excludes halogenated alkanes) is 1. The first-order valence-corrected chi connectivity index (χ1v) is 11.1. The van der Waals surface area contributed by atoms with Crippen molar-refractivity contribution in [3.63, 3.8) is 0 Å². The van der Waals surface area contributed by atoms with E-state index < -0.39 is 34.6 Å². The van der Waals surface area contributed by atoms with Crippen LogP contribution >= 0.6 is 0 Å². The first-order chi connectivity index (χ1) is 16.3. The zero-order chi connectivity index (χ0) is 24.7. The van der Waals surface area contributed by atoms with Crippen molar-refractivity contribution in [2.75, 3.05) is 0 Å². The fraction of sp³-hybridized carbons (Fsp3) is 0.241. The molecule has 0 aromatic heterocycles. The van der Waals surface area contributed by atoms with Crippen LogP contribution in [0.3, 0.4) is 0 Å². The third-order valence-electron chi connectivity index (χ3n) is 5.21. The van der Waals surface area contributed by atoms with E-state index >= 15 is 0 Å². The Morgan fingerprint density at radius 3 is 1.74 bits per heavy atom. The molecular weight excluding hydrogens is 443 g/mol. The van der Waals surface area contributed by atoms with Crippen LogP contribution in [0.2, 0.25) is 0 Å². The van der Waals surface area contributed by atoms with E-state index in [4.69, 9.17) is 0 Å². The van der Waals surface area contributed by atoms with Gasteiger partial charge in [0.15, 0.2) is 0 Å². The normalized spacial score (nSPS) is 10.3. The molecule has 0 radical (unpaired) electrons. The van der Waals surface area contributed by atoms with Gasteiger partial charge in [-0.05, 0) is 61.2 Å². The summed E-state index contributed by atoms with van der Waals surface area (Å²) in [5.74, 6) is 5.93. The molecule has 3 aromatic rings. The second-order valence-corrected chi connectivity index (χ2v) is 7.90. The maximum Gasteiger partial charge on any atom is 0.143 e. The van der Waals surface area contributed by atoms with Crippen molar-refractivity contribution in [1.82, 2.24) is 0 Å². The lowest BCUT2D eigenvalue weighted by Crippen LogP contribution is -1.97. The number of benzene rings is 3. The van der Waals surface area contributed by atoms with Gasteiger partial charge in [0, 0.05) is 16.7 Å². The van der Waals surface area contributed by atoms with Crippen LogP contribution in [0.5, 0.6) is 0 Å². The lowest BCUT2D eigenvalue weighted by atomic mass is 10.0. The van der Waals surface area contributed by atoms with Gasteiger partial charge in [0.05, 0.1) is 11.1 Å². The zero-order valence-corrected chi connectivity index (χ0v) is 19.0. The topological polar surface area (TPSA) is 0 Å². The summed E-state index contributed by atoms with van der Waals surface area (Å²) in [5.41, 5.74) is 0.382. The van der Waals surface area contributed by atoms with Gasteiger partial charge in [-0.25, -0.2) is 22.0 Å². The molecule has 34 heavy (non-hydrogen) atoms.